The first-order valence-corrected chi connectivity index (χ1v) is 8.55. The lowest BCUT2D eigenvalue weighted by Crippen LogP contribution is -2.09. The summed E-state index contributed by atoms with van der Waals surface area (Å²) in [6.45, 7) is 0. The van der Waals surface area contributed by atoms with E-state index in [-0.39, 0.29) is 5.16 Å². The van der Waals surface area contributed by atoms with Crippen LogP contribution in [0.4, 0.5) is 13.2 Å². The van der Waals surface area contributed by atoms with Crippen molar-refractivity contribution in [3.8, 4) is 11.3 Å². The first kappa shape index (κ1) is 16.1. The predicted molar refractivity (Wildman–Crippen MR) is 87.1 cm³/mol. The van der Waals surface area contributed by atoms with Crippen LogP contribution in [0.2, 0.25) is 0 Å². The van der Waals surface area contributed by atoms with E-state index in [1.54, 1.807) is 6.20 Å². The number of hydrogen-bond donors (Lipinski definition) is 0. The van der Waals surface area contributed by atoms with Gasteiger partial charge in [0.05, 0.1) is 11.9 Å². The summed E-state index contributed by atoms with van der Waals surface area (Å²) in [4.78, 5) is 12.0. The highest BCUT2D eigenvalue weighted by molar-refractivity contribution is 7.99. The van der Waals surface area contributed by atoms with Crippen LogP contribution < -0.4 is 0 Å². The fourth-order valence-electron chi connectivity index (χ4n) is 2.56. The molecule has 8 heteroatoms. The molecule has 2 heterocycles. The fourth-order valence-corrected chi connectivity index (χ4v) is 3.43. The molecule has 1 fully saturated rings. The van der Waals surface area contributed by atoms with E-state index in [2.05, 4.69) is 19.5 Å². The second-order valence-corrected chi connectivity index (χ2v) is 6.65. The van der Waals surface area contributed by atoms with Gasteiger partial charge in [-0.05, 0) is 36.2 Å². The van der Waals surface area contributed by atoms with Crippen molar-refractivity contribution in [1.29, 1.82) is 0 Å². The molecule has 25 heavy (non-hydrogen) atoms. The van der Waals surface area contributed by atoms with Crippen LogP contribution in [0.1, 0.15) is 24.6 Å². The highest BCUT2D eigenvalue weighted by Gasteiger charge is 2.33. The van der Waals surface area contributed by atoms with E-state index >= 15 is 0 Å². The summed E-state index contributed by atoms with van der Waals surface area (Å²) in [6.07, 6.45) is 0.462. The summed E-state index contributed by atoms with van der Waals surface area (Å²) in [5, 5.41) is 0.655. The van der Waals surface area contributed by atoms with Gasteiger partial charge < -0.3 is 4.57 Å². The maximum Gasteiger partial charge on any atom is 0.433 e. The lowest BCUT2D eigenvalue weighted by atomic mass is 10.2. The molecule has 0 unspecified atom stereocenters. The number of benzene rings is 1. The van der Waals surface area contributed by atoms with Gasteiger partial charge >= 0.3 is 6.18 Å². The Bertz CT molecular complexity index is 888. The third kappa shape index (κ3) is 3.39. The van der Waals surface area contributed by atoms with Crippen molar-refractivity contribution in [2.24, 2.45) is 0 Å². The standard InChI is InChI=1S/C17H13F3N4S/c18-17(19,20)14-8-9-21-15(23-14)25-16-22-10-13(24(16)12-6-7-12)11-4-2-1-3-5-11/h1-5,8-10,12H,6-7H2. The van der Waals surface area contributed by atoms with Crippen LogP contribution in [-0.2, 0) is 6.18 Å². The summed E-state index contributed by atoms with van der Waals surface area (Å²) < 4.78 is 40.6. The maximum atomic E-state index is 12.8. The van der Waals surface area contributed by atoms with E-state index in [4.69, 9.17) is 0 Å². The molecule has 3 aromatic rings. The number of nitrogens with zero attached hydrogens (tertiary/aromatic N) is 4. The number of hydrogen-bond acceptors (Lipinski definition) is 4. The van der Waals surface area contributed by atoms with Crippen LogP contribution in [0.5, 0.6) is 0 Å². The van der Waals surface area contributed by atoms with Gasteiger partial charge in [0.15, 0.2) is 10.3 Å². The quantitative estimate of drug-likeness (QED) is 0.623. The monoisotopic (exact) mass is 362 g/mol. The maximum absolute atomic E-state index is 12.8. The SMILES string of the molecule is FC(F)(F)c1ccnc(Sc2ncc(-c3ccccc3)n2C2CC2)n1. The molecule has 4 rings (SSSR count). The smallest absolute Gasteiger partial charge is 0.315 e. The van der Waals surface area contributed by atoms with Crippen molar-refractivity contribution in [1.82, 2.24) is 19.5 Å². The predicted octanol–water partition coefficient (Wildman–Crippen LogP) is 4.85. The number of halogens is 3. The largest absolute Gasteiger partial charge is 0.433 e. The molecule has 0 amide bonds. The molecule has 128 valence electrons. The molecule has 0 spiro atoms. The summed E-state index contributed by atoms with van der Waals surface area (Å²) >= 11 is 1.06. The van der Waals surface area contributed by atoms with Crippen molar-refractivity contribution in [3.05, 3.63) is 54.5 Å². The second kappa shape index (κ2) is 6.18. The lowest BCUT2D eigenvalue weighted by molar-refractivity contribution is -0.141. The first-order valence-electron chi connectivity index (χ1n) is 7.73. The molecular weight excluding hydrogens is 349 g/mol. The molecule has 1 saturated carbocycles. The van der Waals surface area contributed by atoms with E-state index in [0.29, 0.717) is 11.2 Å². The summed E-state index contributed by atoms with van der Waals surface area (Å²) in [5.74, 6) is 0. The van der Waals surface area contributed by atoms with Crippen molar-refractivity contribution in [3.63, 3.8) is 0 Å². The van der Waals surface area contributed by atoms with Gasteiger partial charge in [0.25, 0.3) is 0 Å². The highest BCUT2D eigenvalue weighted by Crippen LogP contribution is 2.42. The minimum Gasteiger partial charge on any atom is -0.315 e. The zero-order valence-corrected chi connectivity index (χ0v) is 13.8. The topological polar surface area (TPSA) is 43.6 Å². The number of rotatable bonds is 4. The van der Waals surface area contributed by atoms with Crippen molar-refractivity contribution >= 4 is 11.8 Å². The van der Waals surface area contributed by atoms with E-state index in [1.165, 1.54) is 0 Å². The molecule has 0 N–H and O–H groups in total. The first-order chi connectivity index (χ1) is 12.0. The zero-order valence-electron chi connectivity index (χ0n) is 12.9. The van der Waals surface area contributed by atoms with Crippen LogP contribution in [0.3, 0.4) is 0 Å². The van der Waals surface area contributed by atoms with Gasteiger partial charge in [-0.3, -0.25) is 0 Å². The molecule has 4 nitrogen and oxygen atoms in total. The van der Waals surface area contributed by atoms with Crippen LogP contribution in [0.25, 0.3) is 11.3 Å². The Kier molecular flexibility index (Phi) is 3.99. The Morgan fingerprint density at radius 3 is 2.48 bits per heavy atom. The Balaban J connectivity index is 1.69. The zero-order chi connectivity index (χ0) is 17.4. The Morgan fingerprint density at radius 2 is 1.80 bits per heavy atom. The normalized spacial score (nSPS) is 14.7. The molecule has 0 bridgehead atoms. The van der Waals surface area contributed by atoms with E-state index in [1.807, 2.05) is 30.3 Å². The van der Waals surface area contributed by atoms with Gasteiger partial charge in [-0.2, -0.15) is 13.2 Å². The molecule has 1 aromatic carbocycles. The van der Waals surface area contributed by atoms with Gasteiger partial charge in [0.1, 0.15) is 5.69 Å². The fraction of sp³-hybridized carbons (Fsp3) is 0.235. The van der Waals surface area contributed by atoms with Gasteiger partial charge in [-0.25, -0.2) is 15.0 Å². The Morgan fingerprint density at radius 1 is 1.04 bits per heavy atom. The highest BCUT2D eigenvalue weighted by atomic mass is 32.2. The van der Waals surface area contributed by atoms with Crippen LogP contribution in [-0.4, -0.2) is 19.5 Å². The van der Waals surface area contributed by atoms with Crippen molar-refractivity contribution < 1.29 is 13.2 Å². The molecule has 1 aliphatic carbocycles. The molecule has 2 aromatic heterocycles. The van der Waals surface area contributed by atoms with Crippen molar-refractivity contribution in [2.75, 3.05) is 0 Å². The van der Waals surface area contributed by atoms with Crippen LogP contribution >= 0.6 is 11.8 Å². The van der Waals surface area contributed by atoms with Gasteiger partial charge in [-0.15, -0.1) is 0 Å². The minimum atomic E-state index is -4.49. The number of alkyl halides is 3. The third-order valence-electron chi connectivity index (χ3n) is 3.85. The summed E-state index contributed by atoms with van der Waals surface area (Å²) in [6, 6.07) is 11.0. The van der Waals surface area contributed by atoms with E-state index in [9.17, 15) is 13.2 Å². The average Bonchev–Trinajstić information content (AvgIpc) is 3.36. The van der Waals surface area contributed by atoms with E-state index < -0.39 is 11.9 Å². The molecular formula is C17H13F3N4S. The minimum absolute atomic E-state index is 0.0435. The van der Waals surface area contributed by atoms with Crippen LogP contribution in [0, 0.1) is 0 Å². The second-order valence-electron chi connectivity index (χ2n) is 5.72. The van der Waals surface area contributed by atoms with Crippen LogP contribution in [0.15, 0.2) is 59.1 Å². The lowest BCUT2D eigenvalue weighted by Gasteiger charge is -2.11. The molecule has 1 aliphatic rings. The third-order valence-corrected chi connectivity index (χ3v) is 4.71. The summed E-state index contributed by atoms with van der Waals surface area (Å²) in [5.41, 5.74) is 1.04. The van der Waals surface area contributed by atoms with Gasteiger partial charge in [-0.1, -0.05) is 30.3 Å². The Labute approximate surface area is 146 Å². The van der Waals surface area contributed by atoms with Gasteiger partial charge in [0.2, 0.25) is 0 Å². The average molecular weight is 362 g/mol. The van der Waals surface area contributed by atoms with Crippen molar-refractivity contribution in [2.45, 2.75) is 35.4 Å². The molecule has 0 aliphatic heterocycles. The van der Waals surface area contributed by atoms with E-state index in [0.717, 1.165) is 48.1 Å². The number of imidazole rings is 1. The molecule has 0 atom stereocenters. The molecule has 0 saturated heterocycles. The van der Waals surface area contributed by atoms with Gasteiger partial charge in [0, 0.05) is 12.2 Å². The Hall–Kier alpha value is -2.35. The summed E-state index contributed by atoms with van der Waals surface area (Å²) in [7, 11) is 0. The number of aromatic nitrogens is 4. The molecule has 0 radical (unpaired) electrons.